The van der Waals surface area contributed by atoms with Crippen molar-refractivity contribution >= 4 is 49.0 Å². The number of fused-ring (bicyclic) bond motifs is 1. The van der Waals surface area contributed by atoms with Crippen LogP contribution in [0.15, 0.2) is 73.4 Å². The third kappa shape index (κ3) is 5.92. The minimum absolute atomic E-state index is 0.0209. The molecule has 7 nitrogen and oxygen atoms in total. The van der Waals surface area contributed by atoms with Gasteiger partial charge in [0.05, 0.1) is 35.4 Å². The second kappa shape index (κ2) is 11.7. The molecular weight excluding hydrogens is 600 g/mol. The van der Waals surface area contributed by atoms with Crippen molar-refractivity contribution in [3.63, 3.8) is 0 Å². The van der Waals surface area contributed by atoms with Gasteiger partial charge in [-0.2, -0.15) is 15.0 Å². The predicted octanol–water partition coefficient (Wildman–Crippen LogP) is 6.78. The lowest BCUT2D eigenvalue weighted by Crippen LogP contribution is -2.23. The molecule has 37 heavy (non-hydrogen) atoms. The zero-order valence-electron chi connectivity index (χ0n) is 20.5. The highest BCUT2D eigenvalue weighted by atomic mass is 79.9. The highest BCUT2D eigenvalue weighted by molar-refractivity contribution is 9.10. The van der Waals surface area contributed by atoms with Gasteiger partial charge in [0.25, 0.3) is 5.56 Å². The van der Waals surface area contributed by atoms with Crippen LogP contribution in [0.3, 0.4) is 0 Å². The average molecular weight is 624 g/mol. The summed E-state index contributed by atoms with van der Waals surface area (Å²) in [5, 5.41) is 14.4. The van der Waals surface area contributed by atoms with Gasteiger partial charge in [-0.25, -0.2) is 4.98 Å². The van der Waals surface area contributed by atoms with Crippen LogP contribution in [0.25, 0.3) is 10.9 Å². The first-order valence-corrected chi connectivity index (χ1v) is 13.2. The molecule has 0 spiro atoms. The van der Waals surface area contributed by atoms with E-state index in [1.165, 1.54) is 4.68 Å². The average Bonchev–Trinajstić information content (AvgIpc) is 2.89. The van der Waals surface area contributed by atoms with E-state index in [0.717, 1.165) is 10.0 Å². The molecule has 0 aliphatic heterocycles. The first-order chi connectivity index (χ1) is 17.8. The number of aromatic nitrogens is 2. The van der Waals surface area contributed by atoms with Gasteiger partial charge in [-0.3, -0.25) is 4.79 Å². The molecule has 188 valence electrons. The van der Waals surface area contributed by atoms with E-state index in [1.54, 1.807) is 30.5 Å². The summed E-state index contributed by atoms with van der Waals surface area (Å²) in [6, 6.07) is 18.5. The zero-order chi connectivity index (χ0) is 26.5. The number of ether oxygens (including phenoxy) is 2. The van der Waals surface area contributed by atoms with Crippen molar-refractivity contribution in [2.75, 3.05) is 6.61 Å². The molecule has 0 radical (unpaired) electrons. The Balaban J connectivity index is 1.71. The van der Waals surface area contributed by atoms with Crippen molar-refractivity contribution < 1.29 is 9.47 Å². The van der Waals surface area contributed by atoms with E-state index in [4.69, 9.17) is 9.47 Å². The summed E-state index contributed by atoms with van der Waals surface area (Å²) in [7, 11) is 0. The molecule has 0 bridgehead atoms. The van der Waals surface area contributed by atoms with Crippen LogP contribution in [-0.4, -0.2) is 22.5 Å². The maximum atomic E-state index is 13.3. The van der Waals surface area contributed by atoms with E-state index in [-0.39, 0.29) is 18.1 Å². The van der Waals surface area contributed by atoms with Crippen molar-refractivity contribution in [1.29, 1.82) is 5.26 Å². The summed E-state index contributed by atoms with van der Waals surface area (Å²) >= 11 is 7.01. The van der Waals surface area contributed by atoms with Gasteiger partial charge in [-0.05, 0) is 59.3 Å². The van der Waals surface area contributed by atoms with Crippen molar-refractivity contribution in [3.05, 3.63) is 96.4 Å². The van der Waals surface area contributed by atoms with Crippen LogP contribution in [-0.2, 0) is 6.61 Å². The molecule has 1 heterocycles. The van der Waals surface area contributed by atoms with E-state index in [2.05, 4.69) is 48.0 Å². The largest absolute Gasteiger partial charge is 0.490 e. The van der Waals surface area contributed by atoms with Gasteiger partial charge in [0, 0.05) is 26.0 Å². The van der Waals surface area contributed by atoms with Gasteiger partial charge in [0.15, 0.2) is 11.5 Å². The molecule has 9 heteroatoms. The SMILES string of the molecule is CCOc1cc(C=Nn2c(C(C)C)nc3ccc(Br)cc3c2=O)c(Br)cc1OCc1ccccc1C#N. The van der Waals surface area contributed by atoms with E-state index >= 15 is 0 Å². The fourth-order valence-electron chi connectivity index (χ4n) is 3.71. The Morgan fingerprint density at radius 1 is 1.11 bits per heavy atom. The Labute approximate surface area is 231 Å². The third-order valence-electron chi connectivity index (χ3n) is 5.55. The topological polar surface area (TPSA) is 89.5 Å². The third-order valence-corrected chi connectivity index (χ3v) is 6.73. The van der Waals surface area contributed by atoms with Crippen LogP contribution in [0.1, 0.15) is 49.2 Å². The van der Waals surface area contributed by atoms with E-state index < -0.39 is 0 Å². The van der Waals surface area contributed by atoms with Crippen molar-refractivity contribution in [3.8, 4) is 17.6 Å². The number of rotatable bonds is 8. The van der Waals surface area contributed by atoms with E-state index in [1.807, 2.05) is 51.1 Å². The zero-order valence-corrected chi connectivity index (χ0v) is 23.7. The summed E-state index contributed by atoms with van der Waals surface area (Å²) < 4.78 is 14.7. The molecule has 4 rings (SSSR count). The van der Waals surface area contributed by atoms with Crippen LogP contribution in [0.4, 0.5) is 0 Å². The minimum atomic E-state index is -0.247. The van der Waals surface area contributed by atoms with Crippen molar-refractivity contribution in [2.24, 2.45) is 5.10 Å². The summed E-state index contributed by atoms with van der Waals surface area (Å²) in [5.74, 6) is 1.59. The highest BCUT2D eigenvalue weighted by Crippen LogP contribution is 2.34. The number of nitrogens with zero attached hydrogens (tertiary/aromatic N) is 4. The second-order valence-corrected chi connectivity index (χ2v) is 10.2. The Kier molecular flexibility index (Phi) is 8.41. The predicted molar refractivity (Wildman–Crippen MR) is 152 cm³/mol. The maximum Gasteiger partial charge on any atom is 0.282 e. The van der Waals surface area contributed by atoms with Gasteiger partial charge in [-0.1, -0.05) is 48.0 Å². The number of halogens is 2. The number of benzene rings is 3. The quantitative estimate of drug-likeness (QED) is 0.202. The summed E-state index contributed by atoms with van der Waals surface area (Å²) in [5.41, 5.74) is 2.42. The lowest BCUT2D eigenvalue weighted by atomic mass is 10.1. The van der Waals surface area contributed by atoms with E-state index in [0.29, 0.717) is 50.4 Å². The molecule has 4 aromatic rings. The van der Waals surface area contributed by atoms with Crippen LogP contribution < -0.4 is 15.0 Å². The molecule has 1 aromatic heterocycles. The Morgan fingerprint density at radius 2 is 1.86 bits per heavy atom. The molecule has 0 saturated heterocycles. The van der Waals surface area contributed by atoms with Crippen molar-refractivity contribution in [2.45, 2.75) is 33.3 Å². The molecule has 3 aromatic carbocycles. The Hall–Kier alpha value is -3.48. The second-order valence-electron chi connectivity index (χ2n) is 8.46. The summed E-state index contributed by atoms with van der Waals surface area (Å²) in [4.78, 5) is 18.0. The molecular formula is C28H24Br2N4O3. The lowest BCUT2D eigenvalue weighted by molar-refractivity contribution is 0.269. The van der Waals surface area contributed by atoms with Gasteiger partial charge >= 0.3 is 0 Å². The van der Waals surface area contributed by atoms with Crippen LogP contribution in [0, 0.1) is 11.3 Å². The first kappa shape index (κ1) is 26.6. The van der Waals surface area contributed by atoms with Gasteiger partial charge in [-0.15, -0.1) is 0 Å². The molecule has 0 aliphatic carbocycles. The number of nitriles is 1. The Morgan fingerprint density at radius 3 is 2.59 bits per heavy atom. The number of hydrogen-bond acceptors (Lipinski definition) is 6. The van der Waals surface area contributed by atoms with Gasteiger partial charge < -0.3 is 9.47 Å². The molecule has 0 fully saturated rings. The minimum Gasteiger partial charge on any atom is -0.490 e. The van der Waals surface area contributed by atoms with Crippen molar-refractivity contribution in [1.82, 2.24) is 9.66 Å². The molecule has 0 atom stereocenters. The number of hydrogen-bond donors (Lipinski definition) is 0. The van der Waals surface area contributed by atoms with Crippen LogP contribution >= 0.6 is 31.9 Å². The summed E-state index contributed by atoms with van der Waals surface area (Å²) in [6.45, 7) is 6.48. The maximum absolute atomic E-state index is 13.3. The molecule has 0 amide bonds. The fourth-order valence-corrected chi connectivity index (χ4v) is 4.50. The lowest BCUT2D eigenvalue weighted by Gasteiger charge is -2.15. The molecule has 0 unspecified atom stereocenters. The molecule has 0 aliphatic rings. The Bertz CT molecular complexity index is 1590. The standard InChI is InChI=1S/C28H24Br2N4O3/c1-4-36-25-11-20(23(30)13-26(25)37-16-19-8-6-5-7-18(19)14-31)15-32-34-27(17(2)3)33-24-10-9-21(29)12-22(24)28(34)35/h5-13,15,17H,4,16H2,1-3H3. The highest BCUT2D eigenvalue weighted by Gasteiger charge is 2.15. The van der Waals surface area contributed by atoms with Gasteiger partial charge in [0.1, 0.15) is 12.4 Å². The summed E-state index contributed by atoms with van der Waals surface area (Å²) in [6.07, 6.45) is 1.60. The van der Waals surface area contributed by atoms with Crippen LogP contribution in [0.2, 0.25) is 0 Å². The fraction of sp³-hybridized carbons (Fsp3) is 0.214. The van der Waals surface area contributed by atoms with E-state index in [9.17, 15) is 10.1 Å². The smallest absolute Gasteiger partial charge is 0.282 e. The normalized spacial score (nSPS) is 11.3. The molecule has 0 N–H and O–H groups in total. The monoisotopic (exact) mass is 622 g/mol. The van der Waals surface area contributed by atoms with Crippen LogP contribution in [0.5, 0.6) is 11.5 Å². The van der Waals surface area contributed by atoms with Gasteiger partial charge in [0.2, 0.25) is 0 Å². The molecule has 0 saturated carbocycles. The first-order valence-electron chi connectivity index (χ1n) is 11.7.